The summed E-state index contributed by atoms with van der Waals surface area (Å²) in [6, 6.07) is 9.65. The Hall–Kier alpha value is -2.24. The summed E-state index contributed by atoms with van der Waals surface area (Å²) in [5, 5.41) is 0. The molecule has 0 N–H and O–H groups in total. The van der Waals surface area contributed by atoms with Crippen molar-refractivity contribution >= 4 is 0 Å². The third-order valence-electron chi connectivity index (χ3n) is 3.59. The van der Waals surface area contributed by atoms with E-state index in [2.05, 4.69) is 23.8 Å². The average molecular weight is 402 g/mol. The molecule has 28 heavy (non-hydrogen) atoms. The first kappa shape index (κ1) is 25.8. The van der Waals surface area contributed by atoms with Crippen LogP contribution in [-0.4, -0.2) is 13.5 Å². The van der Waals surface area contributed by atoms with E-state index in [9.17, 15) is 17.6 Å². The Morgan fingerprint density at radius 2 is 1.39 bits per heavy atom. The number of aryl methyl sites for hydroxylation is 2. The van der Waals surface area contributed by atoms with Crippen molar-refractivity contribution in [3.8, 4) is 11.5 Å². The topological polar surface area (TPSA) is 18.5 Å². The summed E-state index contributed by atoms with van der Waals surface area (Å²) < 4.78 is 57.5. The zero-order chi connectivity index (χ0) is 22.1. The summed E-state index contributed by atoms with van der Waals surface area (Å²) in [4.78, 5) is 0. The largest absolute Gasteiger partial charge is 0.573 e. The molecule has 0 aromatic heterocycles. The maximum absolute atomic E-state index is 13.3. The summed E-state index contributed by atoms with van der Waals surface area (Å²) in [5.74, 6) is -0.842. The lowest BCUT2D eigenvalue weighted by molar-refractivity contribution is -0.275. The fourth-order valence-electron chi connectivity index (χ4n) is 2.10. The molecule has 0 bridgehead atoms. The molecule has 0 spiro atoms. The van der Waals surface area contributed by atoms with Gasteiger partial charge in [0.2, 0.25) is 0 Å². The number of benzene rings is 2. The number of rotatable bonds is 2. The van der Waals surface area contributed by atoms with Crippen molar-refractivity contribution in [1.82, 2.24) is 0 Å². The molecule has 0 radical (unpaired) electrons. The molecule has 2 aromatic rings. The minimum Gasteiger partial charge on any atom is -0.496 e. The molecule has 0 aliphatic heterocycles. The second-order valence-electron chi connectivity index (χ2n) is 6.92. The first-order valence-corrected chi connectivity index (χ1v) is 9.00. The lowest BCUT2D eigenvalue weighted by atomic mass is 9.87. The molecule has 0 saturated heterocycles. The molecule has 2 nitrogen and oxygen atoms in total. The molecule has 2 aromatic carbocycles. The van der Waals surface area contributed by atoms with Gasteiger partial charge in [-0.05, 0) is 54.2 Å². The summed E-state index contributed by atoms with van der Waals surface area (Å²) in [6.45, 7) is 13.6. The van der Waals surface area contributed by atoms with Crippen molar-refractivity contribution in [1.29, 1.82) is 0 Å². The highest BCUT2D eigenvalue weighted by molar-refractivity contribution is 5.35. The number of hydrogen-bond acceptors (Lipinski definition) is 2. The van der Waals surface area contributed by atoms with E-state index < -0.39 is 17.9 Å². The van der Waals surface area contributed by atoms with Gasteiger partial charge in [0.25, 0.3) is 0 Å². The molecular weight excluding hydrogens is 372 g/mol. The van der Waals surface area contributed by atoms with E-state index in [1.54, 1.807) is 7.11 Å². The Morgan fingerprint density at radius 3 is 1.79 bits per heavy atom. The zero-order valence-electron chi connectivity index (χ0n) is 17.8. The number of halogens is 4. The molecule has 0 aliphatic rings. The number of ether oxygens (including phenoxy) is 2. The molecule has 0 unspecified atom stereocenters. The predicted molar refractivity (Wildman–Crippen MR) is 106 cm³/mol. The van der Waals surface area contributed by atoms with Crippen LogP contribution < -0.4 is 9.47 Å². The van der Waals surface area contributed by atoms with Gasteiger partial charge in [-0.3, -0.25) is 0 Å². The standard InChI is InChI=1S/C11H12F4O.C9H12O.C2H6/c1-10(2,3)7-4-5-9(8(12)6-7)16-11(13,14)15;1-7-4-5-8(2)9(6-7)10-3;1-2/h4-6H,1-3H3;4-6H,1-3H3;1-2H3. The molecule has 2 rings (SSSR count). The average Bonchev–Trinajstić information content (AvgIpc) is 2.59. The molecule has 6 heteroatoms. The number of alkyl halides is 3. The fourth-order valence-corrected chi connectivity index (χ4v) is 2.10. The van der Waals surface area contributed by atoms with Crippen molar-refractivity contribution in [3.63, 3.8) is 0 Å². The Kier molecular flexibility index (Phi) is 10.1. The smallest absolute Gasteiger partial charge is 0.496 e. The van der Waals surface area contributed by atoms with E-state index in [1.165, 1.54) is 17.2 Å². The van der Waals surface area contributed by atoms with Gasteiger partial charge in [-0.2, -0.15) is 0 Å². The highest BCUT2D eigenvalue weighted by Gasteiger charge is 2.32. The van der Waals surface area contributed by atoms with Gasteiger partial charge in [0.05, 0.1) is 7.11 Å². The lowest BCUT2D eigenvalue weighted by Crippen LogP contribution is -2.18. The van der Waals surface area contributed by atoms with Gasteiger partial charge in [-0.1, -0.05) is 52.8 Å². The molecule has 0 aliphatic carbocycles. The van der Waals surface area contributed by atoms with Gasteiger partial charge in [-0.25, -0.2) is 4.39 Å². The highest BCUT2D eigenvalue weighted by Crippen LogP contribution is 2.30. The lowest BCUT2D eigenvalue weighted by Gasteiger charge is -2.19. The Labute approximate surface area is 165 Å². The van der Waals surface area contributed by atoms with Crippen LogP contribution in [-0.2, 0) is 5.41 Å². The zero-order valence-corrected chi connectivity index (χ0v) is 17.8. The monoisotopic (exact) mass is 402 g/mol. The van der Waals surface area contributed by atoms with E-state index in [0.717, 1.165) is 17.9 Å². The Balaban J connectivity index is 0.000000520. The third kappa shape index (κ3) is 9.11. The number of methoxy groups -OCH3 is 1. The van der Waals surface area contributed by atoms with E-state index in [4.69, 9.17) is 4.74 Å². The fraction of sp³-hybridized carbons (Fsp3) is 0.455. The van der Waals surface area contributed by atoms with Crippen LogP contribution in [0.2, 0.25) is 0 Å². The van der Waals surface area contributed by atoms with Crippen LogP contribution in [0.15, 0.2) is 36.4 Å². The van der Waals surface area contributed by atoms with Gasteiger partial charge < -0.3 is 9.47 Å². The number of hydrogen-bond donors (Lipinski definition) is 0. The van der Waals surface area contributed by atoms with Crippen LogP contribution in [0.5, 0.6) is 11.5 Å². The van der Waals surface area contributed by atoms with Gasteiger partial charge >= 0.3 is 6.36 Å². The van der Waals surface area contributed by atoms with Crippen LogP contribution in [0.3, 0.4) is 0 Å². The molecule has 158 valence electrons. The summed E-state index contributed by atoms with van der Waals surface area (Å²) in [7, 11) is 1.70. The van der Waals surface area contributed by atoms with E-state index in [1.807, 2.05) is 47.6 Å². The second-order valence-corrected chi connectivity index (χ2v) is 6.92. The molecular formula is C22H30F4O2. The van der Waals surface area contributed by atoms with Crippen LogP contribution in [0, 0.1) is 19.7 Å². The Bertz CT molecular complexity index is 732. The van der Waals surface area contributed by atoms with Gasteiger partial charge in [0.1, 0.15) is 5.75 Å². The summed E-state index contributed by atoms with van der Waals surface area (Å²) in [5.41, 5.74) is 2.72. The van der Waals surface area contributed by atoms with Crippen LogP contribution >= 0.6 is 0 Å². The minimum atomic E-state index is -4.87. The summed E-state index contributed by atoms with van der Waals surface area (Å²) in [6.07, 6.45) is -4.87. The van der Waals surface area contributed by atoms with E-state index >= 15 is 0 Å². The van der Waals surface area contributed by atoms with Gasteiger partial charge in [0.15, 0.2) is 11.6 Å². The SMILES string of the molecule is CC.CC(C)(C)c1ccc(OC(F)(F)F)c(F)c1.COc1cc(C)ccc1C. The van der Waals surface area contributed by atoms with Crippen molar-refractivity contribution in [3.05, 3.63) is 58.9 Å². The highest BCUT2D eigenvalue weighted by atomic mass is 19.4. The maximum atomic E-state index is 13.3. The van der Waals surface area contributed by atoms with Crippen molar-refractivity contribution in [2.75, 3.05) is 7.11 Å². The van der Waals surface area contributed by atoms with Crippen molar-refractivity contribution in [2.45, 2.75) is 60.2 Å². The van der Waals surface area contributed by atoms with Crippen molar-refractivity contribution in [2.24, 2.45) is 0 Å². The predicted octanol–water partition coefficient (Wildman–Crippen LogP) is 7.36. The molecule has 0 saturated carbocycles. The quantitative estimate of drug-likeness (QED) is 0.489. The normalized spacial score (nSPS) is 10.9. The molecule has 0 heterocycles. The van der Waals surface area contributed by atoms with Crippen LogP contribution in [0.25, 0.3) is 0 Å². The molecule has 0 fully saturated rings. The third-order valence-corrected chi connectivity index (χ3v) is 3.59. The van der Waals surface area contributed by atoms with Crippen LogP contribution in [0.1, 0.15) is 51.3 Å². The van der Waals surface area contributed by atoms with Crippen LogP contribution in [0.4, 0.5) is 17.6 Å². The van der Waals surface area contributed by atoms with Crippen molar-refractivity contribution < 1.29 is 27.0 Å². The van der Waals surface area contributed by atoms with Gasteiger partial charge in [0, 0.05) is 0 Å². The second kappa shape index (κ2) is 10.9. The summed E-state index contributed by atoms with van der Waals surface area (Å²) >= 11 is 0. The van der Waals surface area contributed by atoms with E-state index in [-0.39, 0.29) is 5.41 Å². The molecule has 0 amide bonds. The first-order chi connectivity index (χ1) is 12.8. The molecule has 0 atom stereocenters. The first-order valence-electron chi connectivity index (χ1n) is 9.00. The maximum Gasteiger partial charge on any atom is 0.573 e. The van der Waals surface area contributed by atoms with E-state index in [0.29, 0.717) is 5.56 Å². The Morgan fingerprint density at radius 1 is 0.821 bits per heavy atom. The minimum absolute atomic E-state index is 0.322. The van der Waals surface area contributed by atoms with Gasteiger partial charge in [-0.15, -0.1) is 13.2 Å².